The Morgan fingerprint density at radius 3 is 2.28 bits per heavy atom. The highest BCUT2D eigenvalue weighted by Gasteiger charge is 2.49. The van der Waals surface area contributed by atoms with Crippen LogP contribution in [0.3, 0.4) is 0 Å². The molecule has 2 saturated heterocycles. The van der Waals surface area contributed by atoms with Crippen molar-refractivity contribution in [3.8, 4) is 11.1 Å². The Morgan fingerprint density at radius 1 is 1.03 bits per heavy atom. The Morgan fingerprint density at radius 2 is 1.66 bits per heavy atom. The fraction of sp³-hybridized carbons (Fsp3) is 0.458. The molecule has 3 atom stereocenters. The van der Waals surface area contributed by atoms with E-state index in [-0.39, 0.29) is 36.3 Å². The van der Waals surface area contributed by atoms with Crippen molar-refractivity contribution in [3.63, 3.8) is 0 Å². The predicted molar refractivity (Wildman–Crippen MR) is 112 cm³/mol. The maximum atomic E-state index is 13.2. The molecule has 1 N–H and O–H groups in total. The van der Waals surface area contributed by atoms with Crippen LogP contribution >= 0.6 is 0 Å². The maximum absolute atomic E-state index is 13.2. The van der Waals surface area contributed by atoms with E-state index in [0.717, 1.165) is 43.6 Å². The molecule has 2 aromatic rings. The molecule has 0 spiro atoms. The molecule has 0 bridgehead atoms. The molecule has 5 heteroatoms. The molecular weight excluding hydrogens is 367 g/mol. The lowest BCUT2D eigenvalue weighted by atomic mass is 9.74. The zero-order valence-electron chi connectivity index (χ0n) is 16.9. The summed E-state index contributed by atoms with van der Waals surface area (Å²) in [6.07, 6.45) is 2.61. The van der Waals surface area contributed by atoms with Crippen molar-refractivity contribution in [1.82, 2.24) is 9.80 Å². The molecule has 0 unspecified atom stereocenters. The van der Waals surface area contributed by atoms with E-state index in [1.807, 2.05) is 11.8 Å². The van der Waals surface area contributed by atoms with Crippen molar-refractivity contribution in [2.75, 3.05) is 26.2 Å². The molecular formula is C24H29FN2O2. The van der Waals surface area contributed by atoms with Crippen LogP contribution in [-0.4, -0.2) is 59.1 Å². The first-order valence-electron chi connectivity index (χ1n) is 10.6. The van der Waals surface area contributed by atoms with Gasteiger partial charge >= 0.3 is 0 Å². The van der Waals surface area contributed by atoms with Gasteiger partial charge in [0.15, 0.2) is 0 Å². The summed E-state index contributed by atoms with van der Waals surface area (Å²) in [5.74, 6) is 0.193. The highest BCUT2D eigenvalue weighted by Crippen LogP contribution is 2.42. The van der Waals surface area contributed by atoms with Crippen molar-refractivity contribution in [2.45, 2.75) is 44.2 Å². The standard InChI is InChI=1S/C24H29FN2O2/c1-2-23(29)26-13-3-4-14-27-21(15-26)24(22(27)16-28)19-7-5-17(6-8-19)18-9-11-20(25)12-10-18/h5-12,21-22,24,28H,2-4,13-16H2,1H3/t21-,22+,24+/m0/s1. The molecule has 0 radical (unpaired) electrons. The summed E-state index contributed by atoms with van der Waals surface area (Å²) in [5, 5.41) is 10.0. The van der Waals surface area contributed by atoms with Gasteiger partial charge in [-0.15, -0.1) is 0 Å². The lowest BCUT2D eigenvalue weighted by Gasteiger charge is -2.57. The number of halogens is 1. The van der Waals surface area contributed by atoms with Crippen LogP contribution in [-0.2, 0) is 4.79 Å². The number of hydrogen-bond donors (Lipinski definition) is 1. The average molecular weight is 397 g/mol. The fourth-order valence-electron chi connectivity index (χ4n) is 4.93. The molecule has 0 aromatic heterocycles. The first-order chi connectivity index (χ1) is 14.1. The molecule has 2 aromatic carbocycles. The van der Waals surface area contributed by atoms with Gasteiger partial charge < -0.3 is 10.0 Å². The summed E-state index contributed by atoms with van der Waals surface area (Å²) < 4.78 is 13.2. The summed E-state index contributed by atoms with van der Waals surface area (Å²) in [4.78, 5) is 16.7. The first kappa shape index (κ1) is 20.0. The SMILES string of the molecule is CCC(=O)N1CCCCN2[C@H](CO)[C@H](c3ccc(-c4ccc(F)cc4)cc3)[C@@H]2C1. The van der Waals surface area contributed by atoms with E-state index in [1.165, 1.54) is 17.7 Å². The van der Waals surface area contributed by atoms with Crippen LogP contribution in [0.25, 0.3) is 11.1 Å². The van der Waals surface area contributed by atoms with Crippen molar-refractivity contribution in [2.24, 2.45) is 0 Å². The van der Waals surface area contributed by atoms with Crippen LogP contribution in [0.15, 0.2) is 48.5 Å². The van der Waals surface area contributed by atoms with Gasteiger partial charge in [0.2, 0.25) is 5.91 Å². The molecule has 2 fully saturated rings. The quantitative estimate of drug-likeness (QED) is 0.858. The zero-order chi connectivity index (χ0) is 20.4. The second kappa shape index (κ2) is 8.64. The monoisotopic (exact) mass is 396 g/mol. The third-order valence-electron chi connectivity index (χ3n) is 6.50. The minimum atomic E-state index is -0.235. The molecule has 29 heavy (non-hydrogen) atoms. The topological polar surface area (TPSA) is 43.8 Å². The minimum Gasteiger partial charge on any atom is -0.395 e. The van der Waals surface area contributed by atoms with Crippen molar-refractivity contribution < 1.29 is 14.3 Å². The molecule has 0 aliphatic carbocycles. The molecule has 4 rings (SSSR count). The lowest BCUT2D eigenvalue weighted by molar-refractivity contribution is -0.136. The number of amides is 1. The number of nitrogens with zero attached hydrogens (tertiary/aromatic N) is 2. The van der Waals surface area contributed by atoms with Crippen LogP contribution < -0.4 is 0 Å². The molecule has 2 aliphatic heterocycles. The highest BCUT2D eigenvalue weighted by atomic mass is 19.1. The van der Waals surface area contributed by atoms with E-state index in [1.54, 1.807) is 12.1 Å². The Hall–Kier alpha value is -2.24. The summed E-state index contributed by atoms with van der Waals surface area (Å²) in [7, 11) is 0. The van der Waals surface area contributed by atoms with Crippen molar-refractivity contribution in [3.05, 3.63) is 59.9 Å². The number of carbonyl (C=O) groups excluding carboxylic acids is 1. The Bertz CT molecular complexity index is 837. The average Bonchev–Trinajstić information content (AvgIpc) is 2.73. The van der Waals surface area contributed by atoms with Crippen LogP contribution in [0.5, 0.6) is 0 Å². The summed E-state index contributed by atoms with van der Waals surface area (Å²) in [5.41, 5.74) is 3.23. The normalized spacial score (nSPS) is 24.9. The number of benzene rings is 2. The number of rotatable bonds is 4. The minimum absolute atomic E-state index is 0.105. The van der Waals surface area contributed by atoms with E-state index < -0.39 is 0 Å². The molecule has 154 valence electrons. The third kappa shape index (κ3) is 3.94. The third-order valence-corrected chi connectivity index (χ3v) is 6.50. The highest BCUT2D eigenvalue weighted by molar-refractivity contribution is 5.76. The van der Waals surface area contributed by atoms with E-state index in [4.69, 9.17) is 0 Å². The van der Waals surface area contributed by atoms with Gasteiger partial charge in [0.1, 0.15) is 5.82 Å². The smallest absolute Gasteiger partial charge is 0.222 e. The van der Waals surface area contributed by atoms with Gasteiger partial charge in [-0.05, 0) is 48.2 Å². The van der Waals surface area contributed by atoms with E-state index in [2.05, 4.69) is 29.2 Å². The maximum Gasteiger partial charge on any atom is 0.222 e. The molecule has 4 nitrogen and oxygen atoms in total. The van der Waals surface area contributed by atoms with Crippen molar-refractivity contribution >= 4 is 5.91 Å². The second-order valence-electron chi connectivity index (χ2n) is 8.11. The molecule has 2 aliphatic rings. The van der Waals surface area contributed by atoms with Gasteiger partial charge in [-0.1, -0.05) is 43.3 Å². The van der Waals surface area contributed by atoms with E-state index in [9.17, 15) is 14.3 Å². The fourth-order valence-corrected chi connectivity index (χ4v) is 4.93. The van der Waals surface area contributed by atoms with E-state index >= 15 is 0 Å². The molecule has 0 saturated carbocycles. The largest absolute Gasteiger partial charge is 0.395 e. The number of carbonyl (C=O) groups is 1. The van der Waals surface area contributed by atoms with Crippen LogP contribution in [0.2, 0.25) is 0 Å². The zero-order valence-corrected chi connectivity index (χ0v) is 16.9. The van der Waals surface area contributed by atoms with Gasteiger partial charge in [-0.25, -0.2) is 4.39 Å². The van der Waals surface area contributed by atoms with Gasteiger partial charge in [0.25, 0.3) is 0 Å². The van der Waals surface area contributed by atoms with Gasteiger partial charge in [0.05, 0.1) is 6.61 Å². The number of fused-ring (bicyclic) bond motifs is 1. The number of hydrogen-bond acceptors (Lipinski definition) is 3. The predicted octanol–water partition coefficient (Wildman–Crippen LogP) is 3.65. The Balaban J connectivity index is 1.57. The van der Waals surface area contributed by atoms with Crippen LogP contribution in [0, 0.1) is 5.82 Å². The number of aliphatic hydroxyl groups is 1. The summed E-state index contributed by atoms with van der Waals surface area (Å²) >= 11 is 0. The van der Waals surface area contributed by atoms with Crippen molar-refractivity contribution in [1.29, 1.82) is 0 Å². The van der Waals surface area contributed by atoms with Crippen LogP contribution in [0.1, 0.15) is 37.7 Å². The van der Waals surface area contributed by atoms with Crippen LogP contribution in [0.4, 0.5) is 4.39 Å². The van der Waals surface area contributed by atoms with Gasteiger partial charge in [-0.3, -0.25) is 9.69 Å². The number of aliphatic hydroxyl groups excluding tert-OH is 1. The van der Waals surface area contributed by atoms with E-state index in [0.29, 0.717) is 6.42 Å². The Labute approximate surface area is 171 Å². The van der Waals surface area contributed by atoms with Gasteiger partial charge in [0, 0.05) is 37.5 Å². The lowest BCUT2D eigenvalue weighted by Crippen LogP contribution is -2.67. The Kier molecular flexibility index (Phi) is 5.97. The molecule has 2 heterocycles. The second-order valence-corrected chi connectivity index (χ2v) is 8.11. The molecule has 1 amide bonds. The van der Waals surface area contributed by atoms with Gasteiger partial charge in [-0.2, -0.15) is 0 Å². The first-order valence-corrected chi connectivity index (χ1v) is 10.6. The summed E-state index contributed by atoms with van der Waals surface area (Å²) in [6.45, 7) is 4.59. The summed E-state index contributed by atoms with van der Waals surface area (Å²) in [6, 6.07) is 15.3.